The summed E-state index contributed by atoms with van der Waals surface area (Å²) in [6.45, 7) is 7.63. The van der Waals surface area contributed by atoms with E-state index in [9.17, 15) is 14.7 Å². The van der Waals surface area contributed by atoms with Crippen molar-refractivity contribution in [3.63, 3.8) is 0 Å². The first kappa shape index (κ1) is 25.9. The van der Waals surface area contributed by atoms with Gasteiger partial charge in [-0.3, -0.25) is 14.6 Å². The fraction of sp³-hybridized carbons (Fsp3) is 0.458. The number of amides is 1. The van der Waals surface area contributed by atoms with Crippen molar-refractivity contribution in [2.45, 2.75) is 39.7 Å². The molecule has 0 saturated carbocycles. The molecule has 190 valence electrons. The molecule has 0 saturated heterocycles. The maximum Gasteiger partial charge on any atom is 0.271 e. The van der Waals surface area contributed by atoms with Crippen molar-refractivity contribution in [2.75, 3.05) is 34.4 Å². The summed E-state index contributed by atoms with van der Waals surface area (Å²) >= 11 is 0. The first-order valence-electron chi connectivity index (χ1n) is 11.2. The Hall–Kier alpha value is -3.73. The number of hydrogen-bond acceptors (Lipinski definition) is 8. The highest BCUT2D eigenvalue weighted by Crippen LogP contribution is 2.39. The standard InChI is InChI=1S/C24H32N6O5.H2/c1-14-10-17(22(33)25-5)27-30-21(14)28-29(23(30)26-6)13-18(32)15-11-16(24(2,3)4)20(34-7)19(12-15)35-9-8-31;/h10-12,31H,8-9,13H2,1-7H3,(H,25,33);1H. The van der Waals surface area contributed by atoms with Gasteiger partial charge in [0.1, 0.15) is 18.8 Å². The van der Waals surface area contributed by atoms with Crippen LogP contribution in [0.5, 0.6) is 11.5 Å². The lowest BCUT2D eigenvalue weighted by atomic mass is 9.84. The fourth-order valence-electron chi connectivity index (χ4n) is 3.73. The van der Waals surface area contributed by atoms with Gasteiger partial charge in [0, 0.05) is 26.6 Å². The lowest BCUT2D eigenvalue weighted by Crippen LogP contribution is -2.29. The van der Waals surface area contributed by atoms with Crippen LogP contribution in [0.15, 0.2) is 23.2 Å². The van der Waals surface area contributed by atoms with Crippen molar-refractivity contribution >= 4 is 17.3 Å². The van der Waals surface area contributed by atoms with Gasteiger partial charge in [-0.05, 0) is 36.1 Å². The molecule has 0 unspecified atom stereocenters. The van der Waals surface area contributed by atoms with E-state index < -0.39 is 0 Å². The van der Waals surface area contributed by atoms with Crippen LogP contribution >= 0.6 is 0 Å². The molecule has 3 rings (SSSR count). The molecule has 11 nitrogen and oxygen atoms in total. The second kappa shape index (κ2) is 10.3. The Balaban J connectivity index is 0.00000456. The van der Waals surface area contributed by atoms with E-state index in [2.05, 4.69) is 20.5 Å². The van der Waals surface area contributed by atoms with Gasteiger partial charge in [-0.15, -0.1) is 5.10 Å². The predicted octanol–water partition coefficient (Wildman–Crippen LogP) is 1.54. The zero-order valence-corrected chi connectivity index (χ0v) is 21.2. The number of fused-ring (bicyclic) bond motifs is 1. The van der Waals surface area contributed by atoms with Crippen LogP contribution in [-0.4, -0.2) is 70.6 Å². The number of nitrogens with one attached hydrogen (secondary N) is 1. The number of methoxy groups -OCH3 is 1. The van der Waals surface area contributed by atoms with Gasteiger partial charge in [-0.1, -0.05) is 20.8 Å². The number of carbonyl (C=O) groups excluding carboxylic acids is 2. The molecule has 2 N–H and O–H groups in total. The average molecular weight is 487 g/mol. The summed E-state index contributed by atoms with van der Waals surface area (Å²) in [6, 6.07) is 5.04. The number of aliphatic hydroxyl groups excluding tert-OH is 1. The molecule has 2 heterocycles. The largest absolute Gasteiger partial charge is 0.493 e. The maximum absolute atomic E-state index is 13.4. The van der Waals surface area contributed by atoms with Gasteiger partial charge in [-0.2, -0.15) is 9.61 Å². The minimum absolute atomic E-state index is 0. The van der Waals surface area contributed by atoms with Crippen LogP contribution in [-0.2, 0) is 12.0 Å². The van der Waals surface area contributed by atoms with Gasteiger partial charge >= 0.3 is 0 Å². The average Bonchev–Trinajstić information content (AvgIpc) is 3.18. The first-order chi connectivity index (χ1) is 16.5. The topological polar surface area (TPSA) is 132 Å². The van der Waals surface area contributed by atoms with Crippen molar-refractivity contribution in [3.8, 4) is 11.5 Å². The normalized spacial score (nSPS) is 12.2. The van der Waals surface area contributed by atoms with E-state index in [1.807, 2.05) is 27.7 Å². The van der Waals surface area contributed by atoms with Gasteiger partial charge in [0.2, 0.25) is 5.62 Å². The van der Waals surface area contributed by atoms with Crippen LogP contribution in [0.2, 0.25) is 0 Å². The Morgan fingerprint density at radius 3 is 2.51 bits per heavy atom. The summed E-state index contributed by atoms with van der Waals surface area (Å²) in [5.74, 6) is 0.338. The summed E-state index contributed by atoms with van der Waals surface area (Å²) in [6.07, 6.45) is 0. The zero-order chi connectivity index (χ0) is 25.9. The summed E-state index contributed by atoms with van der Waals surface area (Å²) in [7, 11) is 4.64. The zero-order valence-electron chi connectivity index (χ0n) is 21.2. The molecular formula is C24H34N6O5. The number of ether oxygens (including phenoxy) is 2. The molecule has 0 aliphatic heterocycles. The SMILES string of the molecule is CN=c1n(CC(=O)c2cc(OCCO)c(OC)c(C(C)(C)C)c2)nc2c(C)cc(C(=O)NC)nn12.[HH]. The summed E-state index contributed by atoms with van der Waals surface area (Å²) in [5, 5.41) is 20.7. The molecule has 11 heteroatoms. The third-order valence-electron chi connectivity index (χ3n) is 5.44. The van der Waals surface area contributed by atoms with Crippen LogP contribution in [0.1, 0.15) is 54.2 Å². The summed E-state index contributed by atoms with van der Waals surface area (Å²) in [4.78, 5) is 29.8. The second-order valence-corrected chi connectivity index (χ2v) is 9.01. The molecule has 1 aromatic carbocycles. The van der Waals surface area contributed by atoms with Crippen molar-refractivity contribution in [1.82, 2.24) is 24.7 Å². The molecular weight excluding hydrogens is 452 g/mol. The van der Waals surface area contributed by atoms with Crippen LogP contribution in [0.3, 0.4) is 0 Å². The Morgan fingerprint density at radius 2 is 1.94 bits per heavy atom. The molecule has 3 aromatic rings. The summed E-state index contributed by atoms with van der Waals surface area (Å²) < 4.78 is 14.2. The van der Waals surface area contributed by atoms with E-state index in [0.29, 0.717) is 33.9 Å². The molecule has 1 amide bonds. The molecule has 0 spiro atoms. The van der Waals surface area contributed by atoms with Crippen LogP contribution in [0.4, 0.5) is 0 Å². The van der Waals surface area contributed by atoms with E-state index in [1.54, 1.807) is 32.4 Å². The second-order valence-electron chi connectivity index (χ2n) is 9.01. The van der Waals surface area contributed by atoms with Crippen LogP contribution in [0, 0.1) is 6.92 Å². The molecule has 0 bridgehead atoms. The lowest BCUT2D eigenvalue weighted by molar-refractivity contribution is 0.0950. The lowest BCUT2D eigenvalue weighted by Gasteiger charge is -2.25. The summed E-state index contributed by atoms with van der Waals surface area (Å²) in [5.41, 5.74) is 2.61. The molecule has 0 fully saturated rings. The van der Waals surface area contributed by atoms with E-state index in [-0.39, 0.29) is 44.0 Å². The smallest absolute Gasteiger partial charge is 0.271 e. The number of benzene rings is 1. The Morgan fingerprint density at radius 1 is 1.23 bits per heavy atom. The van der Waals surface area contributed by atoms with Gasteiger partial charge in [-0.25, -0.2) is 4.68 Å². The van der Waals surface area contributed by atoms with Crippen LogP contribution in [0.25, 0.3) is 5.65 Å². The number of hydrogen-bond donors (Lipinski definition) is 2. The van der Waals surface area contributed by atoms with E-state index in [1.165, 1.54) is 16.2 Å². The number of ketones is 1. The van der Waals surface area contributed by atoms with Gasteiger partial charge < -0.3 is 19.9 Å². The molecule has 0 aliphatic rings. The molecule has 2 aromatic heterocycles. The van der Waals surface area contributed by atoms with E-state index >= 15 is 0 Å². The Labute approximate surface area is 204 Å². The highest BCUT2D eigenvalue weighted by molar-refractivity contribution is 5.97. The highest BCUT2D eigenvalue weighted by atomic mass is 16.5. The number of carbonyl (C=O) groups is 2. The molecule has 0 radical (unpaired) electrons. The Kier molecular flexibility index (Phi) is 7.59. The number of aryl methyl sites for hydroxylation is 1. The first-order valence-corrected chi connectivity index (χ1v) is 11.2. The van der Waals surface area contributed by atoms with E-state index in [4.69, 9.17) is 9.47 Å². The third kappa shape index (κ3) is 5.19. The molecule has 0 atom stereocenters. The third-order valence-corrected chi connectivity index (χ3v) is 5.44. The quantitative estimate of drug-likeness (QED) is 0.462. The van der Waals surface area contributed by atoms with Crippen molar-refractivity contribution in [1.29, 1.82) is 0 Å². The van der Waals surface area contributed by atoms with Crippen molar-refractivity contribution < 1.29 is 25.6 Å². The number of aromatic nitrogens is 4. The Bertz CT molecular complexity index is 1340. The number of Topliss-reactive ketones (excluding diaryl/α,β-unsaturated/α-hetero) is 1. The minimum Gasteiger partial charge on any atom is -0.493 e. The van der Waals surface area contributed by atoms with Gasteiger partial charge in [0.25, 0.3) is 5.91 Å². The molecule has 35 heavy (non-hydrogen) atoms. The number of nitrogens with zero attached hydrogens (tertiary/aromatic N) is 5. The highest BCUT2D eigenvalue weighted by Gasteiger charge is 2.25. The van der Waals surface area contributed by atoms with Crippen molar-refractivity contribution in [3.05, 3.63) is 46.2 Å². The number of rotatable bonds is 8. The maximum atomic E-state index is 13.4. The molecule has 0 aliphatic carbocycles. The minimum atomic E-state index is -0.337. The predicted molar refractivity (Wildman–Crippen MR) is 131 cm³/mol. The monoisotopic (exact) mass is 486 g/mol. The number of aliphatic hydroxyl groups is 1. The van der Waals surface area contributed by atoms with Crippen molar-refractivity contribution in [2.24, 2.45) is 4.99 Å². The van der Waals surface area contributed by atoms with Crippen LogP contribution < -0.4 is 20.4 Å². The van der Waals surface area contributed by atoms with Gasteiger partial charge in [0.05, 0.1) is 13.7 Å². The van der Waals surface area contributed by atoms with Gasteiger partial charge in [0.15, 0.2) is 22.9 Å². The fourth-order valence-corrected chi connectivity index (χ4v) is 3.73. The van der Waals surface area contributed by atoms with E-state index in [0.717, 1.165) is 5.56 Å².